The first-order chi connectivity index (χ1) is 6.52. The fourth-order valence-electron chi connectivity index (χ4n) is 2.44. The highest BCUT2D eigenvalue weighted by molar-refractivity contribution is 5.05. The Bertz CT molecular complexity index is 230. The van der Waals surface area contributed by atoms with Crippen molar-refractivity contribution < 1.29 is 0 Å². The molecule has 1 rings (SSSR count). The number of hydrogen-bond donors (Lipinski definition) is 1. The van der Waals surface area contributed by atoms with E-state index in [9.17, 15) is 0 Å². The molecule has 1 heterocycles. The van der Waals surface area contributed by atoms with E-state index < -0.39 is 0 Å². The van der Waals surface area contributed by atoms with Gasteiger partial charge in [0.05, 0.1) is 0 Å². The first kappa shape index (κ1) is 11.6. The fourth-order valence-corrected chi connectivity index (χ4v) is 2.44. The molecule has 1 N–H and O–H groups in total. The van der Waals surface area contributed by atoms with Crippen LogP contribution in [-0.2, 0) is 0 Å². The van der Waals surface area contributed by atoms with Crippen molar-refractivity contribution in [2.75, 3.05) is 6.54 Å². The largest absolute Gasteiger partial charge is 0.311 e. The van der Waals surface area contributed by atoms with Gasteiger partial charge in [0, 0.05) is 12.0 Å². The second-order valence-electron chi connectivity index (χ2n) is 5.29. The summed E-state index contributed by atoms with van der Waals surface area (Å²) in [6.45, 7) is 10.1. The summed E-state index contributed by atoms with van der Waals surface area (Å²) < 4.78 is 0. The molecule has 0 bridgehead atoms. The monoisotopic (exact) mass is 193 g/mol. The van der Waals surface area contributed by atoms with Gasteiger partial charge >= 0.3 is 0 Å². The van der Waals surface area contributed by atoms with Crippen LogP contribution in [0.3, 0.4) is 0 Å². The third-order valence-corrected chi connectivity index (χ3v) is 3.53. The van der Waals surface area contributed by atoms with E-state index in [0.717, 1.165) is 6.42 Å². The van der Waals surface area contributed by atoms with E-state index in [0.29, 0.717) is 11.0 Å². The van der Waals surface area contributed by atoms with E-state index in [1.54, 1.807) is 0 Å². The third-order valence-electron chi connectivity index (χ3n) is 3.53. The molecule has 0 spiro atoms. The van der Waals surface area contributed by atoms with E-state index >= 15 is 0 Å². The summed E-state index contributed by atoms with van der Waals surface area (Å²) in [6, 6.07) is 0. The molecule has 0 saturated carbocycles. The van der Waals surface area contributed by atoms with Crippen LogP contribution in [-0.4, -0.2) is 12.1 Å². The first-order valence-electron chi connectivity index (χ1n) is 5.66. The van der Waals surface area contributed by atoms with Gasteiger partial charge in [-0.3, -0.25) is 0 Å². The van der Waals surface area contributed by atoms with Crippen LogP contribution >= 0.6 is 0 Å². The van der Waals surface area contributed by atoms with Gasteiger partial charge in [-0.15, -0.1) is 11.8 Å². The van der Waals surface area contributed by atoms with Crippen LogP contribution in [0.15, 0.2) is 0 Å². The van der Waals surface area contributed by atoms with E-state index in [4.69, 9.17) is 0 Å². The molecule has 0 amide bonds. The van der Waals surface area contributed by atoms with Crippen molar-refractivity contribution in [2.24, 2.45) is 5.41 Å². The Hall–Kier alpha value is -0.480. The van der Waals surface area contributed by atoms with Gasteiger partial charge in [0.2, 0.25) is 0 Å². The van der Waals surface area contributed by atoms with Gasteiger partial charge in [0.25, 0.3) is 0 Å². The lowest BCUT2D eigenvalue weighted by molar-refractivity contribution is 0.150. The molecule has 80 valence electrons. The van der Waals surface area contributed by atoms with Crippen LogP contribution in [0.25, 0.3) is 0 Å². The van der Waals surface area contributed by atoms with E-state index in [2.05, 4.69) is 37.9 Å². The molecule has 0 aromatic heterocycles. The molecule has 0 aromatic carbocycles. The van der Waals surface area contributed by atoms with Crippen molar-refractivity contribution in [3.63, 3.8) is 0 Å². The Balaban J connectivity index is 2.66. The lowest BCUT2D eigenvalue weighted by atomic mass is 9.70. The van der Waals surface area contributed by atoms with E-state index in [1.807, 2.05) is 6.92 Å². The van der Waals surface area contributed by atoms with Crippen LogP contribution in [0.1, 0.15) is 53.4 Å². The van der Waals surface area contributed by atoms with Crippen molar-refractivity contribution in [3.05, 3.63) is 0 Å². The molecule has 1 fully saturated rings. The van der Waals surface area contributed by atoms with Gasteiger partial charge < -0.3 is 5.32 Å². The molecule has 1 heteroatoms. The molecule has 1 atom stereocenters. The van der Waals surface area contributed by atoms with Crippen LogP contribution in [0.2, 0.25) is 0 Å². The first-order valence-corrected chi connectivity index (χ1v) is 5.66. The molecule has 0 aromatic rings. The maximum Gasteiger partial charge on any atom is 0.0239 e. The summed E-state index contributed by atoms with van der Waals surface area (Å²) in [4.78, 5) is 0. The van der Waals surface area contributed by atoms with Crippen molar-refractivity contribution in [1.29, 1.82) is 0 Å². The minimum absolute atomic E-state index is 0.330. The van der Waals surface area contributed by atoms with Gasteiger partial charge in [-0.1, -0.05) is 20.8 Å². The van der Waals surface area contributed by atoms with Crippen molar-refractivity contribution in [2.45, 2.75) is 58.9 Å². The summed E-state index contributed by atoms with van der Waals surface area (Å²) in [5, 5.41) is 3.70. The maximum absolute atomic E-state index is 3.70. The number of nitrogens with one attached hydrogen (secondary N) is 1. The lowest BCUT2D eigenvalue weighted by Crippen LogP contribution is -2.50. The Labute approximate surface area is 88.7 Å². The average molecular weight is 193 g/mol. The molecule has 1 nitrogen and oxygen atoms in total. The normalized spacial score (nSPS) is 27.1. The van der Waals surface area contributed by atoms with Crippen LogP contribution in [0, 0.1) is 17.3 Å². The SMILES string of the molecule is CC#CCCC1(C(C)(C)C)CCCN1. The highest BCUT2D eigenvalue weighted by Crippen LogP contribution is 2.40. The highest BCUT2D eigenvalue weighted by atomic mass is 15.0. The lowest BCUT2D eigenvalue weighted by Gasteiger charge is -2.42. The summed E-state index contributed by atoms with van der Waals surface area (Å²) >= 11 is 0. The zero-order valence-corrected chi connectivity index (χ0v) is 10.0. The Kier molecular flexibility index (Phi) is 3.61. The van der Waals surface area contributed by atoms with Gasteiger partial charge in [-0.25, -0.2) is 0 Å². The quantitative estimate of drug-likeness (QED) is 0.665. The standard InChI is InChI=1S/C13H23N/c1-5-6-7-9-13(12(2,3)4)10-8-11-14-13/h14H,7-11H2,1-4H3. The molecule has 1 unspecified atom stereocenters. The summed E-state index contributed by atoms with van der Waals surface area (Å²) in [5.41, 5.74) is 0.676. The molecule has 1 aliphatic heterocycles. The van der Waals surface area contributed by atoms with Crippen LogP contribution in [0.4, 0.5) is 0 Å². The number of rotatable bonds is 2. The number of hydrogen-bond acceptors (Lipinski definition) is 1. The van der Waals surface area contributed by atoms with E-state index in [1.165, 1.54) is 25.8 Å². The van der Waals surface area contributed by atoms with E-state index in [-0.39, 0.29) is 0 Å². The topological polar surface area (TPSA) is 12.0 Å². The van der Waals surface area contributed by atoms with Gasteiger partial charge in [-0.2, -0.15) is 0 Å². The predicted molar refractivity (Wildman–Crippen MR) is 62.1 cm³/mol. The minimum Gasteiger partial charge on any atom is -0.311 e. The van der Waals surface area contributed by atoms with Crippen molar-refractivity contribution in [1.82, 2.24) is 5.32 Å². The van der Waals surface area contributed by atoms with Gasteiger partial charge in [-0.05, 0) is 38.1 Å². The molecule has 1 saturated heterocycles. The zero-order valence-electron chi connectivity index (χ0n) is 10.0. The minimum atomic E-state index is 0.330. The second kappa shape index (κ2) is 4.36. The van der Waals surface area contributed by atoms with Gasteiger partial charge in [0.15, 0.2) is 0 Å². The summed E-state index contributed by atoms with van der Waals surface area (Å²) in [7, 11) is 0. The molecule has 0 aliphatic carbocycles. The van der Waals surface area contributed by atoms with Gasteiger partial charge in [0.1, 0.15) is 0 Å². The summed E-state index contributed by atoms with van der Waals surface area (Å²) in [6.07, 6.45) is 4.84. The summed E-state index contributed by atoms with van der Waals surface area (Å²) in [5.74, 6) is 6.16. The maximum atomic E-state index is 3.70. The predicted octanol–water partition coefficient (Wildman–Crippen LogP) is 2.96. The Morgan fingerprint density at radius 3 is 2.50 bits per heavy atom. The fraction of sp³-hybridized carbons (Fsp3) is 0.846. The zero-order chi connectivity index (χ0) is 10.7. The smallest absolute Gasteiger partial charge is 0.0239 e. The third kappa shape index (κ3) is 2.30. The molecule has 1 aliphatic rings. The average Bonchev–Trinajstić information content (AvgIpc) is 2.53. The Morgan fingerprint density at radius 1 is 1.36 bits per heavy atom. The molecular weight excluding hydrogens is 170 g/mol. The van der Waals surface area contributed by atoms with Crippen molar-refractivity contribution >= 4 is 0 Å². The second-order valence-corrected chi connectivity index (χ2v) is 5.29. The molecule has 0 radical (unpaired) electrons. The van der Waals surface area contributed by atoms with Crippen LogP contribution in [0.5, 0.6) is 0 Å². The van der Waals surface area contributed by atoms with Crippen LogP contribution < -0.4 is 5.32 Å². The van der Waals surface area contributed by atoms with Crippen molar-refractivity contribution in [3.8, 4) is 11.8 Å². The highest BCUT2D eigenvalue weighted by Gasteiger charge is 2.42. The Morgan fingerprint density at radius 2 is 2.07 bits per heavy atom. The molecular formula is C13H23N. The molecule has 14 heavy (non-hydrogen) atoms.